The second kappa shape index (κ2) is 5.05. The quantitative estimate of drug-likeness (QED) is 0.904. The molecule has 0 unspecified atom stereocenters. The third-order valence-corrected chi connectivity index (χ3v) is 3.18. The summed E-state index contributed by atoms with van der Waals surface area (Å²) in [7, 11) is 1.93. The zero-order chi connectivity index (χ0) is 14.1. The molecular weight excluding hydrogens is 257 g/mol. The van der Waals surface area contributed by atoms with E-state index >= 15 is 0 Å². The first-order valence-corrected chi connectivity index (χ1v) is 6.06. The molecule has 2 heterocycles. The Morgan fingerprint density at radius 3 is 2.42 bits per heavy atom. The van der Waals surface area contributed by atoms with Crippen LogP contribution in [0.1, 0.15) is 18.3 Å². The van der Waals surface area contributed by atoms with Crippen molar-refractivity contribution in [3.63, 3.8) is 0 Å². The lowest BCUT2D eigenvalue weighted by molar-refractivity contribution is -0.141. The van der Waals surface area contributed by atoms with Gasteiger partial charge in [0.1, 0.15) is 0 Å². The van der Waals surface area contributed by atoms with E-state index in [2.05, 4.69) is 27.1 Å². The van der Waals surface area contributed by atoms with Gasteiger partial charge in [0.25, 0.3) is 0 Å². The standard InChI is InChI=1S/C12H17F3N4/c1-11(6-16-7-11)8-19(2)5-9-3-18-10(4-17-9)12(13,14)15/h3-4,16H,5-8H2,1-2H3. The maximum Gasteiger partial charge on any atom is 0.434 e. The van der Waals surface area contributed by atoms with Crippen LogP contribution in [0.5, 0.6) is 0 Å². The molecule has 19 heavy (non-hydrogen) atoms. The van der Waals surface area contributed by atoms with Crippen LogP contribution in [-0.4, -0.2) is 41.5 Å². The molecule has 2 rings (SSSR count). The fraction of sp³-hybridized carbons (Fsp3) is 0.667. The Kier molecular flexibility index (Phi) is 3.78. The van der Waals surface area contributed by atoms with E-state index in [0.717, 1.165) is 25.8 Å². The lowest BCUT2D eigenvalue weighted by Crippen LogP contribution is -2.56. The number of nitrogens with zero attached hydrogens (tertiary/aromatic N) is 3. The highest BCUT2D eigenvalue weighted by atomic mass is 19.4. The van der Waals surface area contributed by atoms with Crippen molar-refractivity contribution < 1.29 is 13.2 Å². The molecule has 0 bridgehead atoms. The summed E-state index contributed by atoms with van der Waals surface area (Å²) in [5.74, 6) is 0. The van der Waals surface area contributed by atoms with Gasteiger partial charge in [-0.05, 0) is 7.05 Å². The molecule has 1 fully saturated rings. The maximum atomic E-state index is 12.3. The van der Waals surface area contributed by atoms with Crippen molar-refractivity contribution in [1.82, 2.24) is 20.2 Å². The minimum absolute atomic E-state index is 0.244. The van der Waals surface area contributed by atoms with Gasteiger partial charge in [-0.25, -0.2) is 4.98 Å². The van der Waals surface area contributed by atoms with E-state index < -0.39 is 11.9 Å². The van der Waals surface area contributed by atoms with Crippen LogP contribution < -0.4 is 5.32 Å². The van der Waals surface area contributed by atoms with Crippen molar-refractivity contribution in [2.45, 2.75) is 19.6 Å². The second-order valence-corrected chi connectivity index (χ2v) is 5.48. The Labute approximate surface area is 110 Å². The summed E-state index contributed by atoms with van der Waals surface area (Å²) in [5, 5.41) is 3.22. The molecule has 0 amide bonds. The van der Waals surface area contributed by atoms with Gasteiger partial charge >= 0.3 is 6.18 Å². The van der Waals surface area contributed by atoms with Gasteiger partial charge in [-0.3, -0.25) is 9.88 Å². The molecule has 1 aliphatic rings. The third-order valence-electron chi connectivity index (χ3n) is 3.18. The minimum atomic E-state index is -4.43. The molecule has 0 atom stereocenters. The molecule has 1 aromatic rings. The number of hydrogen-bond donors (Lipinski definition) is 1. The molecule has 0 spiro atoms. The first-order chi connectivity index (χ1) is 8.78. The minimum Gasteiger partial charge on any atom is -0.315 e. The summed E-state index contributed by atoms with van der Waals surface area (Å²) in [6.45, 7) is 5.49. The average Bonchev–Trinajstić information content (AvgIpc) is 2.26. The fourth-order valence-electron chi connectivity index (χ4n) is 2.23. The van der Waals surface area contributed by atoms with Gasteiger partial charge in [0, 0.05) is 31.6 Å². The topological polar surface area (TPSA) is 41.1 Å². The lowest BCUT2D eigenvalue weighted by Gasteiger charge is -2.42. The Morgan fingerprint density at radius 2 is 2.00 bits per heavy atom. The van der Waals surface area contributed by atoms with E-state index in [1.54, 1.807) is 0 Å². The number of aromatic nitrogens is 2. The molecule has 106 valence electrons. The van der Waals surface area contributed by atoms with E-state index in [1.807, 2.05) is 7.05 Å². The molecule has 0 aromatic carbocycles. The smallest absolute Gasteiger partial charge is 0.315 e. The average molecular weight is 274 g/mol. The van der Waals surface area contributed by atoms with Gasteiger partial charge < -0.3 is 5.32 Å². The van der Waals surface area contributed by atoms with E-state index in [0.29, 0.717) is 12.2 Å². The summed E-state index contributed by atoms with van der Waals surface area (Å²) >= 11 is 0. The van der Waals surface area contributed by atoms with Crippen LogP contribution >= 0.6 is 0 Å². The van der Waals surface area contributed by atoms with Gasteiger partial charge in [-0.1, -0.05) is 6.92 Å². The predicted octanol–water partition coefficient (Wildman–Crippen LogP) is 1.54. The number of hydrogen-bond acceptors (Lipinski definition) is 4. The predicted molar refractivity (Wildman–Crippen MR) is 64.3 cm³/mol. The van der Waals surface area contributed by atoms with Crippen LogP contribution in [0, 0.1) is 5.41 Å². The molecule has 1 aromatic heterocycles. The van der Waals surface area contributed by atoms with Crippen LogP contribution in [0.2, 0.25) is 0 Å². The first kappa shape index (κ1) is 14.2. The molecule has 0 radical (unpaired) electrons. The molecule has 1 saturated heterocycles. The zero-order valence-electron chi connectivity index (χ0n) is 11.0. The van der Waals surface area contributed by atoms with Gasteiger partial charge in [0.15, 0.2) is 5.69 Å². The Morgan fingerprint density at radius 1 is 1.32 bits per heavy atom. The second-order valence-electron chi connectivity index (χ2n) is 5.48. The van der Waals surface area contributed by atoms with Crippen molar-refractivity contribution >= 4 is 0 Å². The van der Waals surface area contributed by atoms with Gasteiger partial charge in [-0.2, -0.15) is 13.2 Å². The van der Waals surface area contributed by atoms with Crippen molar-refractivity contribution in [3.8, 4) is 0 Å². The summed E-state index contributed by atoms with van der Waals surface area (Å²) in [4.78, 5) is 9.28. The van der Waals surface area contributed by atoms with E-state index in [-0.39, 0.29) is 5.41 Å². The number of halogens is 3. The van der Waals surface area contributed by atoms with Crippen LogP contribution in [0.4, 0.5) is 13.2 Å². The molecule has 1 aliphatic heterocycles. The van der Waals surface area contributed by atoms with Gasteiger partial charge in [-0.15, -0.1) is 0 Å². The Balaban J connectivity index is 1.92. The molecule has 0 aliphatic carbocycles. The molecule has 1 N–H and O–H groups in total. The molecular formula is C12H17F3N4. The van der Waals surface area contributed by atoms with Crippen molar-refractivity contribution in [3.05, 3.63) is 23.8 Å². The highest BCUT2D eigenvalue weighted by Gasteiger charge is 2.34. The van der Waals surface area contributed by atoms with E-state index in [1.165, 1.54) is 6.20 Å². The summed E-state index contributed by atoms with van der Waals surface area (Å²) in [6.07, 6.45) is -2.45. The largest absolute Gasteiger partial charge is 0.434 e. The van der Waals surface area contributed by atoms with Crippen molar-refractivity contribution in [1.29, 1.82) is 0 Å². The SMILES string of the molecule is CN(Cc1cnc(C(F)(F)F)cn1)CC1(C)CNC1. The molecule has 7 heteroatoms. The van der Waals surface area contributed by atoms with Crippen LogP contribution in [-0.2, 0) is 12.7 Å². The lowest BCUT2D eigenvalue weighted by atomic mass is 9.84. The highest BCUT2D eigenvalue weighted by Crippen LogP contribution is 2.26. The monoisotopic (exact) mass is 274 g/mol. The van der Waals surface area contributed by atoms with Gasteiger partial charge in [0.2, 0.25) is 0 Å². The summed E-state index contributed by atoms with van der Waals surface area (Å²) in [6, 6.07) is 0. The van der Waals surface area contributed by atoms with E-state index in [4.69, 9.17) is 0 Å². The summed E-state index contributed by atoms with van der Waals surface area (Å²) < 4.78 is 37.0. The Bertz CT molecular complexity index is 426. The third kappa shape index (κ3) is 3.63. The van der Waals surface area contributed by atoms with Crippen molar-refractivity contribution in [2.75, 3.05) is 26.7 Å². The Hall–Kier alpha value is -1.21. The fourth-order valence-corrected chi connectivity index (χ4v) is 2.23. The number of rotatable bonds is 4. The van der Waals surface area contributed by atoms with Crippen LogP contribution in [0.25, 0.3) is 0 Å². The zero-order valence-corrected chi connectivity index (χ0v) is 11.0. The molecule has 4 nitrogen and oxygen atoms in total. The van der Waals surface area contributed by atoms with Crippen LogP contribution in [0.15, 0.2) is 12.4 Å². The highest BCUT2D eigenvalue weighted by molar-refractivity contribution is 5.05. The van der Waals surface area contributed by atoms with Crippen LogP contribution in [0.3, 0.4) is 0 Å². The number of nitrogens with one attached hydrogen (secondary N) is 1. The van der Waals surface area contributed by atoms with E-state index in [9.17, 15) is 13.2 Å². The number of alkyl halides is 3. The maximum absolute atomic E-state index is 12.3. The van der Waals surface area contributed by atoms with Crippen molar-refractivity contribution in [2.24, 2.45) is 5.41 Å². The van der Waals surface area contributed by atoms with Gasteiger partial charge in [0.05, 0.1) is 18.1 Å². The first-order valence-electron chi connectivity index (χ1n) is 6.06. The molecule has 0 saturated carbocycles. The summed E-state index contributed by atoms with van der Waals surface area (Å²) in [5.41, 5.74) is -0.158. The normalized spacial score (nSPS) is 18.4.